The lowest BCUT2D eigenvalue weighted by atomic mass is 10.4. The maximum Gasteiger partial charge on any atom is 0.0468 e. The van der Waals surface area contributed by atoms with E-state index < -0.39 is 0 Å². The van der Waals surface area contributed by atoms with Crippen LogP contribution in [0.1, 0.15) is 6.92 Å². The second-order valence-electron chi connectivity index (χ2n) is 1.15. The monoisotopic (exact) mass is 87.1 g/mol. The summed E-state index contributed by atoms with van der Waals surface area (Å²) >= 11 is 0. The molecule has 0 saturated carbocycles. The molecule has 0 fully saturated rings. The average Bonchev–Trinajstić information content (AvgIpc) is 1.65. The Kier molecular flexibility index (Phi) is 2.71. The molecule has 0 aromatic heterocycles. The number of hydrogen-bond donors (Lipinski definition) is 2. The molecule has 0 rings (SSSR count). The van der Waals surface area contributed by atoms with Crippen molar-refractivity contribution in [3.05, 3.63) is 12.7 Å². The number of nitrogens with one attached hydrogen (secondary N) is 1. The number of rotatable bonds is 2. The number of hydroxylamine groups is 1. The highest BCUT2D eigenvalue weighted by Crippen LogP contribution is 1.73. The Morgan fingerprint density at radius 3 is 2.50 bits per heavy atom. The van der Waals surface area contributed by atoms with Gasteiger partial charge in [-0.25, -0.2) is 0 Å². The van der Waals surface area contributed by atoms with Crippen molar-refractivity contribution in [1.29, 1.82) is 0 Å². The van der Waals surface area contributed by atoms with Crippen molar-refractivity contribution in [2.45, 2.75) is 13.0 Å². The minimum atomic E-state index is 0.00463. The zero-order valence-electron chi connectivity index (χ0n) is 3.81. The predicted octanol–water partition coefficient (Wildman–Crippen LogP) is 0.540. The zero-order valence-corrected chi connectivity index (χ0v) is 3.81. The van der Waals surface area contributed by atoms with Crippen LogP contribution >= 0.6 is 0 Å². The first-order chi connectivity index (χ1) is 2.81. The molecule has 0 aliphatic heterocycles. The summed E-state index contributed by atoms with van der Waals surface area (Å²) in [5, 5.41) is 8.01. The maximum absolute atomic E-state index is 8.01. The van der Waals surface area contributed by atoms with E-state index in [4.69, 9.17) is 5.21 Å². The fraction of sp³-hybridized carbons (Fsp3) is 0.500. The van der Waals surface area contributed by atoms with Crippen LogP contribution in [0.5, 0.6) is 0 Å². The molecule has 6 heavy (non-hydrogen) atoms. The first kappa shape index (κ1) is 5.66. The lowest BCUT2D eigenvalue weighted by Crippen LogP contribution is -2.18. The molecule has 0 amide bonds. The summed E-state index contributed by atoms with van der Waals surface area (Å²) in [4.78, 5) is 0. The minimum Gasteiger partial charge on any atom is -0.316 e. The Labute approximate surface area is 37.4 Å². The minimum absolute atomic E-state index is 0.00463. The topological polar surface area (TPSA) is 32.3 Å². The van der Waals surface area contributed by atoms with Gasteiger partial charge in [-0.15, -0.1) is 6.58 Å². The molecule has 2 heteroatoms. The van der Waals surface area contributed by atoms with Gasteiger partial charge >= 0.3 is 0 Å². The SMILES string of the molecule is C=CC(C)NO. The second kappa shape index (κ2) is 2.87. The van der Waals surface area contributed by atoms with E-state index in [2.05, 4.69) is 6.58 Å². The molecule has 0 heterocycles. The van der Waals surface area contributed by atoms with Crippen LogP contribution in [0.3, 0.4) is 0 Å². The molecule has 0 spiro atoms. The van der Waals surface area contributed by atoms with Crippen molar-refractivity contribution in [3.8, 4) is 0 Å². The summed E-state index contributed by atoms with van der Waals surface area (Å²) in [5.41, 5.74) is 2.00. The predicted molar refractivity (Wildman–Crippen MR) is 24.6 cm³/mol. The van der Waals surface area contributed by atoms with Crippen LogP contribution in [0.2, 0.25) is 0 Å². The highest BCUT2D eigenvalue weighted by Gasteiger charge is 1.83. The second-order valence-corrected chi connectivity index (χ2v) is 1.15. The van der Waals surface area contributed by atoms with E-state index in [1.54, 1.807) is 13.0 Å². The fourth-order valence-electron chi connectivity index (χ4n) is 0.0527. The lowest BCUT2D eigenvalue weighted by molar-refractivity contribution is 0.149. The summed E-state index contributed by atoms with van der Waals surface area (Å²) in [7, 11) is 0. The van der Waals surface area contributed by atoms with Crippen molar-refractivity contribution in [3.63, 3.8) is 0 Å². The highest BCUT2D eigenvalue weighted by molar-refractivity contribution is 4.77. The van der Waals surface area contributed by atoms with Gasteiger partial charge in [0.2, 0.25) is 0 Å². The summed E-state index contributed by atoms with van der Waals surface area (Å²) in [5.74, 6) is 0. The van der Waals surface area contributed by atoms with Gasteiger partial charge < -0.3 is 5.21 Å². The lowest BCUT2D eigenvalue weighted by Gasteiger charge is -1.96. The molecule has 2 N–H and O–H groups in total. The van der Waals surface area contributed by atoms with Gasteiger partial charge in [0.1, 0.15) is 0 Å². The Morgan fingerprint density at radius 2 is 2.50 bits per heavy atom. The van der Waals surface area contributed by atoms with Crippen LogP contribution in [-0.2, 0) is 0 Å². The highest BCUT2D eigenvalue weighted by atomic mass is 16.5. The van der Waals surface area contributed by atoms with E-state index in [1.165, 1.54) is 0 Å². The van der Waals surface area contributed by atoms with Crippen LogP contribution < -0.4 is 5.48 Å². The van der Waals surface area contributed by atoms with Gasteiger partial charge in [-0.05, 0) is 6.92 Å². The molecular weight excluding hydrogens is 78.0 g/mol. The van der Waals surface area contributed by atoms with E-state index in [9.17, 15) is 0 Å². The molecule has 1 unspecified atom stereocenters. The maximum atomic E-state index is 8.01. The first-order valence-corrected chi connectivity index (χ1v) is 1.83. The smallest absolute Gasteiger partial charge is 0.0468 e. The van der Waals surface area contributed by atoms with Crippen molar-refractivity contribution in [2.75, 3.05) is 0 Å². The largest absolute Gasteiger partial charge is 0.316 e. The van der Waals surface area contributed by atoms with Gasteiger partial charge in [-0.1, -0.05) is 6.08 Å². The molecular formula is C4H9NO. The third-order valence-electron chi connectivity index (χ3n) is 0.557. The molecule has 0 aliphatic carbocycles. The molecule has 0 aromatic carbocycles. The van der Waals surface area contributed by atoms with Crippen LogP contribution in [0.15, 0.2) is 12.7 Å². The van der Waals surface area contributed by atoms with Crippen LogP contribution in [0.4, 0.5) is 0 Å². The van der Waals surface area contributed by atoms with Crippen molar-refractivity contribution >= 4 is 0 Å². The van der Waals surface area contributed by atoms with E-state index in [0.717, 1.165) is 0 Å². The molecule has 0 aliphatic rings. The van der Waals surface area contributed by atoms with E-state index in [0.29, 0.717) is 0 Å². The molecule has 0 saturated heterocycles. The van der Waals surface area contributed by atoms with Gasteiger partial charge in [0.15, 0.2) is 0 Å². The van der Waals surface area contributed by atoms with Gasteiger partial charge in [0.05, 0.1) is 0 Å². The molecule has 0 radical (unpaired) electrons. The Morgan fingerprint density at radius 1 is 2.00 bits per heavy atom. The normalized spacial score (nSPS) is 13.7. The van der Waals surface area contributed by atoms with E-state index in [-0.39, 0.29) is 6.04 Å². The molecule has 2 nitrogen and oxygen atoms in total. The summed E-state index contributed by atoms with van der Waals surface area (Å²) < 4.78 is 0. The fourth-order valence-corrected chi connectivity index (χ4v) is 0.0527. The summed E-state index contributed by atoms with van der Waals surface area (Å²) in [6.07, 6.45) is 1.61. The van der Waals surface area contributed by atoms with Crippen LogP contribution in [-0.4, -0.2) is 11.2 Å². The standard InChI is InChI=1S/C4H9NO/c1-3-4(2)5-6/h3-6H,1H2,2H3. The van der Waals surface area contributed by atoms with Crippen molar-refractivity contribution in [1.82, 2.24) is 5.48 Å². The first-order valence-electron chi connectivity index (χ1n) is 1.83. The molecule has 36 valence electrons. The van der Waals surface area contributed by atoms with Gasteiger partial charge in [0, 0.05) is 6.04 Å². The Balaban J connectivity index is 2.96. The average molecular weight is 87.1 g/mol. The Hall–Kier alpha value is -0.340. The van der Waals surface area contributed by atoms with Gasteiger partial charge in [-0.3, -0.25) is 0 Å². The Bertz CT molecular complexity index is 44.8. The van der Waals surface area contributed by atoms with E-state index >= 15 is 0 Å². The zero-order chi connectivity index (χ0) is 4.99. The summed E-state index contributed by atoms with van der Waals surface area (Å²) in [6.45, 7) is 5.21. The van der Waals surface area contributed by atoms with Crippen LogP contribution in [0.25, 0.3) is 0 Å². The van der Waals surface area contributed by atoms with Gasteiger partial charge in [-0.2, -0.15) is 5.48 Å². The van der Waals surface area contributed by atoms with Crippen LogP contribution in [0, 0.1) is 0 Å². The van der Waals surface area contributed by atoms with E-state index in [1.807, 2.05) is 5.48 Å². The third kappa shape index (κ3) is 1.93. The molecule has 1 atom stereocenters. The number of hydrogen-bond acceptors (Lipinski definition) is 2. The molecule has 0 bridgehead atoms. The van der Waals surface area contributed by atoms with Gasteiger partial charge in [0.25, 0.3) is 0 Å². The van der Waals surface area contributed by atoms with Crippen molar-refractivity contribution < 1.29 is 5.21 Å². The third-order valence-corrected chi connectivity index (χ3v) is 0.557. The molecule has 0 aromatic rings. The summed E-state index contributed by atoms with van der Waals surface area (Å²) in [6, 6.07) is 0.00463. The van der Waals surface area contributed by atoms with Crippen molar-refractivity contribution in [2.24, 2.45) is 0 Å². The quantitative estimate of drug-likeness (QED) is 0.380.